The number of methoxy groups -OCH3 is 1. The monoisotopic (exact) mass is 204 g/mol. The molecule has 0 N–H and O–H groups in total. The van der Waals surface area contributed by atoms with Gasteiger partial charge in [0.25, 0.3) is 0 Å². The average molecular weight is 204 g/mol. The molecule has 15 heavy (non-hydrogen) atoms. The SMILES string of the molecule is CCCC(=C=O)Cc1ccc(OC)cc1. The van der Waals surface area contributed by atoms with Crippen molar-refractivity contribution < 1.29 is 9.53 Å². The standard InChI is InChI=1S/C13H16O2/c1-3-4-12(10-14)9-11-5-7-13(15-2)8-6-11/h5-8H,3-4,9H2,1-2H3. The zero-order valence-electron chi connectivity index (χ0n) is 9.25. The molecule has 0 aliphatic rings. The van der Waals surface area contributed by atoms with E-state index in [0.717, 1.165) is 29.7 Å². The van der Waals surface area contributed by atoms with Crippen LogP contribution in [0.1, 0.15) is 25.3 Å². The second-order valence-corrected chi connectivity index (χ2v) is 3.48. The average Bonchev–Trinajstić information content (AvgIpc) is 2.29. The number of ether oxygens (including phenoxy) is 1. The van der Waals surface area contributed by atoms with Crippen molar-refractivity contribution in [2.45, 2.75) is 26.2 Å². The second kappa shape index (κ2) is 6.05. The lowest BCUT2D eigenvalue weighted by Crippen LogP contribution is -1.92. The number of carbonyl (C=O) groups excluding carboxylic acids is 1. The molecular formula is C13H16O2. The van der Waals surface area contributed by atoms with E-state index >= 15 is 0 Å². The lowest BCUT2D eigenvalue weighted by Gasteiger charge is -2.03. The van der Waals surface area contributed by atoms with Crippen molar-refractivity contribution in [3.05, 3.63) is 35.4 Å². The largest absolute Gasteiger partial charge is 0.497 e. The Labute approximate surface area is 90.6 Å². The molecule has 0 aliphatic heterocycles. The van der Waals surface area contributed by atoms with Crippen LogP contribution in [0, 0.1) is 0 Å². The molecule has 1 aromatic carbocycles. The van der Waals surface area contributed by atoms with Crippen molar-refractivity contribution in [1.82, 2.24) is 0 Å². The highest BCUT2D eigenvalue weighted by Gasteiger charge is 2.00. The Bertz CT molecular complexity index is 345. The van der Waals surface area contributed by atoms with Gasteiger partial charge in [-0.1, -0.05) is 25.5 Å². The van der Waals surface area contributed by atoms with Crippen molar-refractivity contribution >= 4 is 5.94 Å². The zero-order chi connectivity index (χ0) is 11.1. The molecule has 0 unspecified atom stereocenters. The predicted octanol–water partition coefficient (Wildman–Crippen LogP) is 2.80. The first-order valence-corrected chi connectivity index (χ1v) is 5.16. The van der Waals surface area contributed by atoms with Gasteiger partial charge >= 0.3 is 0 Å². The van der Waals surface area contributed by atoms with E-state index in [-0.39, 0.29) is 0 Å². The molecule has 0 heterocycles. The van der Waals surface area contributed by atoms with Crippen molar-refractivity contribution in [2.75, 3.05) is 7.11 Å². The van der Waals surface area contributed by atoms with Gasteiger partial charge in [0.2, 0.25) is 0 Å². The van der Waals surface area contributed by atoms with Crippen LogP contribution in [0.15, 0.2) is 29.8 Å². The van der Waals surface area contributed by atoms with E-state index in [1.54, 1.807) is 7.11 Å². The van der Waals surface area contributed by atoms with Gasteiger partial charge in [-0.3, -0.25) is 0 Å². The van der Waals surface area contributed by atoms with E-state index < -0.39 is 0 Å². The number of hydrogen-bond donors (Lipinski definition) is 0. The number of allylic oxidation sites excluding steroid dienone is 1. The van der Waals surface area contributed by atoms with Gasteiger partial charge in [0.15, 0.2) is 0 Å². The Morgan fingerprint density at radius 3 is 2.47 bits per heavy atom. The molecule has 0 fully saturated rings. The number of rotatable bonds is 5. The molecule has 0 aromatic heterocycles. The fourth-order valence-corrected chi connectivity index (χ4v) is 1.47. The summed E-state index contributed by atoms with van der Waals surface area (Å²) in [7, 11) is 1.64. The van der Waals surface area contributed by atoms with E-state index in [0.29, 0.717) is 6.42 Å². The van der Waals surface area contributed by atoms with Gasteiger partial charge in [0.05, 0.1) is 7.11 Å². The maximum absolute atomic E-state index is 10.6. The molecule has 0 spiro atoms. The first-order chi connectivity index (χ1) is 7.30. The summed E-state index contributed by atoms with van der Waals surface area (Å²) in [5.74, 6) is 2.85. The Balaban J connectivity index is 2.67. The van der Waals surface area contributed by atoms with Crippen molar-refractivity contribution in [1.29, 1.82) is 0 Å². The van der Waals surface area contributed by atoms with Crippen LogP contribution in [0.4, 0.5) is 0 Å². The van der Waals surface area contributed by atoms with Crippen LogP contribution < -0.4 is 4.74 Å². The fraction of sp³-hybridized carbons (Fsp3) is 0.385. The van der Waals surface area contributed by atoms with Crippen LogP contribution >= 0.6 is 0 Å². The Hall–Kier alpha value is -1.53. The predicted molar refractivity (Wildman–Crippen MR) is 60.8 cm³/mol. The molecule has 0 aliphatic carbocycles. The molecule has 2 nitrogen and oxygen atoms in total. The summed E-state index contributed by atoms with van der Waals surface area (Å²) in [6.07, 6.45) is 2.51. The third-order valence-corrected chi connectivity index (χ3v) is 2.27. The van der Waals surface area contributed by atoms with E-state index in [2.05, 4.69) is 6.92 Å². The van der Waals surface area contributed by atoms with Crippen molar-refractivity contribution in [3.8, 4) is 5.75 Å². The molecule has 0 radical (unpaired) electrons. The quantitative estimate of drug-likeness (QED) is 0.689. The van der Waals surface area contributed by atoms with E-state index in [9.17, 15) is 4.79 Å². The smallest absolute Gasteiger partial charge is 0.123 e. The zero-order valence-corrected chi connectivity index (χ0v) is 9.25. The molecular weight excluding hydrogens is 188 g/mol. The summed E-state index contributed by atoms with van der Waals surface area (Å²) in [5, 5.41) is 0. The first-order valence-electron chi connectivity index (χ1n) is 5.16. The fourth-order valence-electron chi connectivity index (χ4n) is 1.47. The van der Waals surface area contributed by atoms with Crippen LogP contribution in [-0.2, 0) is 11.2 Å². The van der Waals surface area contributed by atoms with Crippen LogP contribution in [-0.4, -0.2) is 13.1 Å². The van der Waals surface area contributed by atoms with Gasteiger partial charge in [-0.2, -0.15) is 0 Å². The van der Waals surface area contributed by atoms with Gasteiger partial charge < -0.3 is 4.74 Å². The highest BCUT2D eigenvalue weighted by molar-refractivity contribution is 5.53. The minimum Gasteiger partial charge on any atom is -0.497 e. The highest BCUT2D eigenvalue weighted by Crippen LogP contribution is 2.15. The Kier molecular flexibility index (Phi) is 4.65. The molecule has 0 saturated carbocycles. The van der Waals surface area contributed by atoms with Crippen molar-refractivity contribution in [2.24, 2.45) is 0 Å². The summed E-state index contributed by atoms with van der Waals surface area (Å²) in [4.78, 5) is 10.6. The van der Waals surface area contributed by atoms with Gasteiger partial charge in [0, 0.05) is 12.0 Å². The third kappa shape index (κ3) is 3.61. The lowest BCUT2D eigenvalue weighted by molar-refractivity contribution is 0.414. The van der Waals surface area contributed by atoms with Crippen LogP contribution in [0.3, 0.4) is 0 Å². The maximum atomic E-state index is 10.6. The minimum absolute atomic E-state index is 0.696. The molecule has 0 bridgehead atoms. The van der Waals surface area contributed by atoms with E-state index in [4.69, 9.17) is 4.74 Å². The number of hydrogen-bond acceptors (Lipinski definition) is 2. The van der Waals surface area contributed by atoms with Gasteiger partial charge in [-0.15, -0.1) is 0 Å². The lowest BCUT2D eigenvalue weighted by atomic mass is 10.0. The summed E-state index contributed by atoms with van der Waals surface area (Å²) in [6.45, 7) is 2.06. The molecule has 2 heteroatoms. The molecule has 80 valence electrons. The molecule has 1 rings (SSSR count). The Morgan fingerprint density at radius 2 is 2.00 bits per heavy atom. The number of benzene rings is 1. The van der Waals surface area contributed by atoms with Gasteiger partial charge in [0.1, 0.15) is 11.7 Å². The topological polar surface area (TPSA) is 26.3 Å². The highest BCUT2D eigenvalue weighted by atomic mass is 16.5. The minimum atomic E-state index is 0.696. The molecule has 1 aromatic rings. The van der Waals surface area contributed by atoms with Crippen LogP contribution in [0.25, 0.3) is 0 Å². The normalized spacial score (nSPS) is 9.47. The van der Waals surface area contributed by atoms with Crippen LogP contribution in [0.5, 0.6) is 5.75 Å². The van der Waals surface area contributed by atoms with Crippen molar-refractivity contribution in [3.63, 3.8) is 0 Å². The molecule has 0 atom stereocenters. The van der Waals surface area contributed by atoms with Gasteiger partial charge in [-0.25, -0.2) is 4.79 Å². The summed E-state index contributed by atoms with van der Waals surface area (Å²) in [6, 6.07) is 7.77. The van der Waals surface area contributed by atoms with E-state index in [1.165, 1.54) is 0 Å². The molecule has 0 amide bonds. The van der Waals surface area contributed by atoms with Crippen LogP contribution in [0.2, 0.25) is 0 Å². The van der Waals surface area contributed by atoms with Gasteiger partial charge in [-0.05, 0) is 24.1 Å². The van der Waals surface area contributed by atoms with E-state index in [1.807, 2.05) is 30.2 Å². The Morgan fingerprint density at radius 1 is 1.33 bits per heavy atom. The summed E-state index contributed by atoms with van der Waals surface area (Å²) in [5.41, 5.74) is 1.96. The summed E-state index contributed by atoms with van der Waals surface area (Å²) < 4.78 is 5.06. The first kappa shape index (κ1) is 11.5. The summed E-state index contributed by atoms with van der Waals surface area (Å²) >= 11 is 0. The molecule has 0 saturated heterocycles. The maximum Gasteiger partial charge on any atom is 0.123 e. The second-order valence-electron chi connectivity index (χ2n) is 3.48. The third-order valence-electron chi connectivity index (χ3n) is 2.27.